The number of carboxylic acid groups (broad SMARTS) is 1. The van der Waals surface area contributed by atoms with Gasteiger partial charge in [-0.05, 0) is 24.6 Å². The number of Topliss-reactive ketones (excluding diaryl/α,β-unsaturated/α-hetero) is 1. The van der Waals surface area contributed by atoms with Crippen LogP contribution in [-0.4, -0.2) is 16.9 Å². The van der Waals surface area contributed by atoms with Crippen LogP contribution in [0.2, 0.25) is 0 Å². The van der Waals surface area contributed by atoms with Crippen LogP contribution in [0.15, 0.2) is 24.3 Å². The third-order valence-electron chi connectivity index (χ3n) is 1.90. The Kier molecular flexibility index (Phi) is 3.23. The number of carboxylic acids is 1. The molecule has 0 aliphatic heterocycles. The predicted octanol–water partition coefficient (Wildman–Crippen LogP) is 1.57. The highest BCUT2D eigenvalue weighted by Gasteiger charge is 2.02. The van der Waals surface area contributed by atoms with E-state index in [9.17, 15) is 9.59 Å². The lowest BCUT2D eigenvalue weighted by molar-refractivity contribution is -0.131. The molecule has 4 nitrogen and oxygen atoms in total. The first kappa shape index (κ1) is 11.0. The van der Waals surface area contributed by atoms with Crippen molar-refractivity contribution in [2.45, 2.75) is 6.92 Å². The van der Waals surface area contributed by atoms with E-state index in [1.165, 1.54) is 19.1 Å². The molecular weight excluding hydrogens is 194 g/mol. The summed E-state index contributed by atoms with van der Waals surface area (Å²) in [4.78, 5) is 21.3. The molecule has 0 atom stereocenters. The van der Waals surface area contributed by atoms with Gasteiger partial charge in [-0.1, -0.05) is 12.1 Å². The summed E-state index contributed by atoms with van der Waals surface area (Å²) in [6, 6.07) is 4.76. The Hall–Kier alpha value is -2.10. The Morgan fingerprint density at radius 2 is 2.07 bits per heavy atom. The van der Waals surface area contributed by atoms with Crippen molar-refractivity contribution >= 4 is 23.5 Å². The van der Waals surface area contributed by atoms with E-state index < -0.39 is 5.97 Å². The minimum absolute atomic E-state index is 0.0736. The molecule has 0 aliphatic carbocycles. The molecule has 78 valence electrons. The van der Waals surface area contributed by atoms with Crippen LogP contribution >= 0.6 is 0 Å². The van der Waals surface area contributed by atoms with Gasteiger partial charge >= 0.3 is 5.97 Å². The molecule has 0 radical (unpaired) electrons. The van der Waals surface area contributed by atoms with Crippen molar-refractivity contribution in [3.8, 4) is 0 Å². The highest BCUT2D eigenvalue weighted by molar-refractivity contribution is 5.96. The lowest BCUT2D eigenvalue weighted by atomic mass is 10.1. The van der Waals surface area contributed by atoms with Gasteiger partial charge in [0, 0.05) is 17.3 Å². The third kappa shape index (κ3) is 2.95. The van der Waals surface area contributed by atoms with Crippen molar-refractivity contribution in [3.63, 3.8) is 0 Å². The van der Waals surface area contributed by atoms with Gasteiger partial charge in [-0.3, -0.25) is 4.79 Å². The number of hydrogen-bond donors (Lipinski definition) is 2. The van der Waals surface area contributed by atoms with E-state index in [1.807, 2.05) is 0 Å². The minimum Gasteiger partial charge on any atom is -0.478 e. The summed E-state index contributed by atoms with van der Waals surface area (Å²) >= 11 is 0. The van der Waals surface area contributed by atoms with Crippen molar-refractivity contribution < 1.29 is 14.7 Å². The van der Waals surface area contributed by atoms with Crippen LogP contribution in [0, 0.1) is 0 Å². The van der Waals surface area contributed by atoms with Crippen LogP contribution in [0.3, 0.4) is 0 Å². The number of ketones is 1. The number of carbonyl (C=O) groups is 2. The highest BCUT2D eigenvalue weighted by Crippen LogP contribution is 2.16. The summed E-state index contributed by atoms with van der Waals surface area (Å²) in [6.45, 7) is 1.45. The molecule has 4 heteroatoms. The van der Waals surface area contributed by atoms with Crippen LogP contribution in [0.5, 0.6) is 0 Å². The van der Waals surface area contributed by atoms with Crippen LogP contribution in [-0.2, 0) is 4.79 Å². The number of anilines is 1. The van der Waals surface area contributed by atoms with Crippen molar-refractivity contribution in [3.05, 3.63) is 35.4 Å². The molecule has 1 aromatic carbocycles. The maximum absolute atomic E-state index is 11.0. The van der Waals surface area contributed by atoms with Crippen LogP contribution in [0.25, 0.3) is 6.08 Å². The smallest absolute Gasteiger partial charge is 0.328 e. The predicted molar refractivity (Wildman–Crippen MR) is 57.5 cm³/mol. The molecule has 0 aliphatic rings. The highest BCUT2D eigenvalue weighted by atomic mass is 16.4. The first-order valence-corrected chi connectivity index (χ1v) is 4.32. The third-order valence-corrected chi connectivity index (χ3v) is 1.90. The summed E-state index contributed by atoms with van der Waals surface area (Å²) in [7, 11) is 0. The Morgan fingerprint density at radius 3 is 2.53 bits per heavy atom. The fourth-order valence-electron chi connectivity index (χ4n) is 1.11. The fourth-order valence-corrected chi connectivity index (χ4v) is 1.11. The summed E-state index contributed by atoms with van der Waals surface area (Å²) in [5.41, 5.74) is 7.14. The van der Waals surface area contributed by atoms with E-state index in [1.54, 1.807) is 12.1 Å². The van der Waals surface area contributed by atoms with Crippen LogP contribution < -0.4 is 5.73 Å². The second kappa shape index (κ2) is 4.41. The number of aliphatic carboxylic acids is 1. The van der Waals surface area contributed by atoms with Gasteiger partial charge < -0.3 is 10.8 Å². The van der Waals surface area contributed by atoms with Crippen LogP contribution in [0.4, 0.5) is 5.69 Å². The molecule has 15 heavy (non-hydrogen) atoms. The zero-order valence-corrected chi connectivity index (χ0v) is 8.23. The second-order valence-corrected chi connectivity index (χ2v) is 3.07. The van der Waals surface area contributed by atoms with Gasteiger partial charge in [-0.2, -0.15) is 0 Å². The molecule has 0 spiro atoms. The molecule has 1 rings (SSSR count). The Bertz CT molecular complexity index is 435. The van der Waals surface area contributed by atoms with Gasteiger partial charge in [0.2, 0.25) is 0 Å². The zero-order chi connectivity index (χ0) is 11.4. The van der Waals surface area contributed by atoms with Crippen LogP contribution in [0.1, 0.15) is 22.8 Å². The van der Waals surface area contributed by atoms with Crippen molar-refractivity contribution in [2.24, 2.45) is 0 Å². The molecular formula is C11H11NO3. The molecule has 1 aromatic rings. The Balaban J connectivity index is 3.03. The Morgan fingerprint density at radius 1 is 1.40 bits per heavy atom. The fraction of sp³-hybridized carbons (Fsp3) is 0.0909. The number of nitrogen functional groups attached to an aromatic ring is 1. The molecule has 0 saturated carbocycles. The van der Waals surface area contributed by atoms with Crippen molar-refractivity contribution in [1.29, 1.82) is 0 Å². The van der Waals surface area contributed by atoms with Crippen molar-refractivity contribution in [2.75, 3.05) is 5.73 Å². The number of rotatable bonds is 3. The first-order chi connectivity index (χ1) is 7.00. The lowest BCUT2D eigenvalue weighted by Gasteiger charge is -2.02. The van der Waals surface area contributed by atoms with Gasteiger partial charge in [-0.25, -0.2) is 4.79 Å². The van der Waals surface area contributed by atoms with Gasteiger partial charge in [0.1, 0.15) is 0 Å². The molecule has 0 saturated heterocycles. The van der Waals surface area contributed by atoms with E-state index >= 15 is 0 Å². The molecule has 3 N–H and O–H groups in total. The number of hydrogen-bond acceptors (Lipinski definition) is 3. The topological polar surface area (TPSA) is 80.4 Å². The normalized spacial score (nSPS) is 10.5. The quantitative estimate of drug-likeness (QED) is 0.446. The number of carbonyl (C=O) groups excluding carboxylic acids is 1. The molecule has 0 bridgehead atoms. The van der Waals surface area contributed by atoms with Gasteiger partial charge in [0.05, 0.1) is 0 Å². The van der Waals surface area contributed by atoms with E-state index in [0.29, 0.717) is 16.8 Å². The molecule has 0 heterocycles. The molecule has 0 aromatic heterocycles. The largest absolute Gasteiger partial charge is 0.478 e. The SMILES string of the molecule is CC(=O)c1ccc(C=CC(=O)O)c(N)c1. The zero-order valence-electron chi connectivity index (χ0n) is 8.23. The summed E-state index contributed by atoms with van der Waals surface area (Å²) in [6.07, 6.45) is 2.39. The summed E-state index contributed by atoms with van der Waals surface area (Å²) in [5.74, 6) is -1.11. The monoisotopic (exact) mass is 205 g/mol. The van der Waals surface area contributed by atoms with Crippen molar-refractivity contribution in [1.82, 2.24) is 0 Å². The molecule has 0 unspecified atom stereocenters. The maximum atomic E-state index is 11.0. The van der Waals surface area contributed by atoms with E-state index in [2.05, 4.69) is 0 Å². The van der Waals surface area contributed by atoms with E-state index in [4.69, 9.17) is 10.8 Å². The first-order valence-electron chi connectivity index (χ1n) is 4.32. The van der Waals surface area contributed by atoms with E-state index in [-0.39, 0.29) is 5.78 Å². The lowest BCUT2D eigenvalue weighted by Crippen LogP contribution is -1.96. The van der Waals surface area contributed by atoms with Gasteiger partial charge in [0.25, 0.3) is 0 Å². The number of nitrogens with two attached hydrogens (primary N) is 1. The number of benzene rings is 1. The van der Waals surface area contributed by atoms with E-state index in [0.717, 1.165) is 6.08 Å². The van der Waals surface area contributed by atoms with Gasteiger partial charge in [-0.15, -0.1) is 0 Å². The minimum atomic E-state index is -1.04. The van der Waals surface area contributed by atoms with Gasteiger partial charge in [0.15, 0.2) is 5.78 Å². The summed E-state index contributed by atoms with van der Waals surface area (Å²) < 4.78 is 0. The maximum Gasteiger partial charge on any atom is 0.328 e. The average molecular weight is 205 g/mol. The average Bonchev–Trinajstić information content (AvgIpc) is 2.15. The summed E-state index contributed by atoms with van der Waals surface area (Å²) in [5, 5.41) is 8.43. The molecule has 0 fully saturated rings. The Labute approximate surface area is 87.0 Å². The second-order valence-electron chi connectivity index (χ2n) is 3.07. The molecule has 0 amide bonds. The standard InChI is InChI=1S/C11H11NO3/c1-7(13)9-3-2-8(10(12)6-9)4-5-11(14)15/h2-6H,12H2,1H3,(H,14,15).